The summed E-state index contributed by atoms with van der Waals surface area (Å²) < 4.78 is 5.74. The number of alkyl halides is 1. The molecule has 2 heterocycles. The molecule has 198 valence electrons. The number of pyridine rings is 1. The molecule has 9 heteroatoms. The second-order valence-corrected chi connectivity index (χ2v) is 11.2. The van der Waals surface area contributed by atoms with Crippen LogP contribution in [0.1, 0.15) is 59.4 Å². The zero-order valence-electron chi connectivity index (χ0n) is 21.2. The topological polar surface area (TPSA) is 91.8 Å². The monoisotopic (exact) mass is 553 g/mol. The van der Waals surface area contributed by atoms with Gasteiger partial charge in [-0.05, 0) is 31.1 Å². The van der Waals surface area contributed by atoms with Crippen molar-refractivity contribution >= 4 is 46.8 Å². The van der Waals surface area contributed by atoms with Gasteiger partial charge in [0.2, 0.25) is 0 Å². The molecular weight excluding hydrogens is 525 g/mol. The molecule has 0 fully saturated rings. The second-order valence-electron chi connectivity index (χ2n) is 10.1. The first kappa shape index (κ1) is 26.3. The average molecular weight is 554 g/mol. The summed E-state index contributed by atoms with van der Waals surface area (Å²) in [5.74, 6) is -0.574. The van der Waals surface area contributed by atoms with Gasteiger partial charge in [0.05, 0.1) is 35.0 Å². The number of carboxylic acids is 1. The first-order chi connectivity index (χ1) is 18.2. The van der Waals surface area contributed by atoms with Crippen LogP contribution in [0, 0.1) is 0 Å². The fraction of sp³-hybridized carbons (Fsp3) is 0.345. The molecule has 7 nitrogen and oxygen atoms in total. The normalized spacial score (nSPS) is 23.8. The second kappa shape index (κ2) is 10.5. The van der Waals surface area contributed by atoms with Crippen molar-refractivity contribution in [2.45, 2.75) is 43.0 Å². The van der Waals surface area contributed by atoms with E-state index in [1.54, 1.807) is 18.1 Å². The number of halogens is 2. The van der Waals surface area contributed by atoms with Crippen LogP contribution in [-0.4, -0.2) is 47.5 Å². The van der Waals surface area contributed by atoms with Gasteiger partial charge >= 0.3 is 5.97 Å². The van der Waals surface area contributed by atoms with Crippen molar-refractivity contribution in [3.8, 4) is 5.75 Å². The van der Waals surface area contributed by atoms with Crippen LogP contribution in [0.25, 0.3) is 6.08 Å². The van der Waals surface area contributed by atoms with E-state index in [1.807, 2.05) is 48.6 Å². The van der Waals surface area contributed by atoms with Crippen molar-refractivity contribution in [2.75, 3.05) is 25.1 Å². The zero-order valence-corrected chi connectivity index (χ0v) is 22.7. The number of aromatic nitrogens is 1. The van der Waals surface area contributed by atoms with Crippen molar-refractivity contribution in [1.82, 2.24) is 10.3 Å². The molecule has 0 saturated carbocycles. The molecule has 0 bridgehead atoms. The van der Waals surface area contributed by atoms with Gasteiger partial charge in [-0.3, -0.25) is 14.6 Å². The molecule has 3 atom stereocenters. The fourth-order valence-electron chi connectivity index (χ4n) is 5.52. The van der Waals surface area contributed by atoms with E-state index in [1.165, 1.54) is 0 Å². The van der Waals surface area contributed by atoms with Gasteiger partial charge < -0.3 is 20.1 Å². The number of carboxylic acid groups (broad SMARTS) is 1. The van der Waals surface area contributed by atoms with Crippen molar-refractivity contribution in [3.05, 3.63) is 81.7 Å². The number of ether oxygens (including phenoxy) is 1. The van der Waals surface area contributed by atoms with E-state index < -0.39 is 11.4 Å². The van der Waals surface area contributed by atoms with Crippen LogP contribution in [-0.2, 0) is 10.2 Å². The summed E-state index contributed by atoms with van der Waals surface area (Å²) in [4.78, 5) is 31.8. The quantitative estimate of drug-likeness (QED) is 0.453. The molecule has 2 aromatic rings. The number of hydrogen-bond donors (Lipinski definition) is 2. The molecular formula is C29H29Cl2N3O4. The lowest BCUT2D eigenvalue weighted by molar-refractivity contribution is -0.135. The Labute approximate surface area is 231 Å². The lowest BCUT2D eigenvalue weighted by Crippen LogP contribution is -2.36. The summed E-state index contributed by atoms with van der Waals surface area (Å²) in [5.41, 5.74) is 3.61. The summed E-state index contributed by atoms with van der Waals surface area (Å²) in [6.07, 6.45) is 11.3. The van der Waals surface area contributed by atoms with Gasteiger partial charge in [0.15, 0.2) is 0 Å². The van der Waals surface area contributed by atoms with Crippen LogP contribution in [0.2, 0.25) is 0 Å². The number of rotatable bonds is 6. The van der Waals surface area contributed by atoms with Crippen LogP contribution in [0.5, 0.6) is 5.75 Å². The van der Waals surface area contributed by atoms with Crippen LogP contribution < -0.4 is 15.0 Å². The number of aliphatic carboxylic acids is 1. The summed E-state index contributed by atoms with van der Waals surface area (Å²) in [6.45, 7) is 2.28. The van der Waals surface area contributed by atoms with E-state index in [-0.39, 0.29) is 23.9 Å². The predicted octanol–water partition coefficient (Wildman–Crippen LogP) is 5.59. The molecule has 1 aliphatic heterocycles. The Morgan fingerprint density at radius 1 is 1.32 bits per heavy atom. The third-order valence-corrected chi connectivity index (χ3v) is 7.93. The van der Waals surface area contributed by atoms with Crippen LogP contribution >= 0.6 is 23.2 Å². The highest BCUT2D eigenvalue weighted by molar-refractivity contribution is 6.31. The molecule has 1 amide bonds. The van der Waals surface area contributed by atoms with Crippen molar-refractivity contribution in [3.63, 3.8) is 0 Å². The highest BCUT2D eigenvalue weighted by Crippen LogP contribution is 2.46. The van der Waals surface area contributed by atoms with Gasteiger partial charge in [-0.2, -0.15) is 0 Å². The molecule has 5 rings (SSSR count). The highest BCUT2D eigenvalue weighted by atomic mass is 35.5. The van der Waals surface area contributed by atoms with E-state index in [0.29, 0.717) is 47.7 Å². The maximum Gasteiger partial charge on any atom is 0.323 e. The Morgan fingerprint density at radius 2 is 2.11 bits per heavy atom. The lowest BCUT2D eigenvalue weighted by atomic mass is 9.70. The SMILES string of the molecule is CN(CC(=O)O)c1c(C(=O)N[C@H]2CCOc3ccccc32)cnc2c1C=CCC2(C)C1=CC(Cl)CC(Cl)=C1. The maximum absolute atomic E-state index is 13.7. The van der Waals surface area contributed by atoms with Crippen LogP contribution in [0.3, 0.4) is 0 Å². The van der Waals surface area contributed by atoms with Gasteiger partial charge in [0, 0.05) is 47.7 Å². The summed E-state index contributed by atoms with van der Waals surface area (Å²) >= 11 is 12.9. The summed E-state index contributed by atoms with van der Waals surface area (Å²) in [7, 11) is 1.68. The largest absolute Gasteiger partial charge is 0.493 e. The minimum Gasteiger partial charge on any atom is -0.493 e. The minimum atomic E-state index is -1.000. The Balaban J connectivity index is 1.58. The Bertz CT molecular complexity index is 1390. The van der Waals surface area contributed by atoms with E-state index in [2.05, 4.69) is 12.2 Å². The first-order valence-electron chi connectivity index (χ1n) is 12.6. The Morgan fingerprint density at radius 3 is 2.87 bits per heavy atom. The number of carbonyl (C=O) groups excluding carboxylic acids is 1. The number of nitrogens with one attached hydrogen (secondary N) is 1. The zero-order chi connectivity index (χ0) is 27.0. The van der Waals surface area contributed by atoms with Gasteiger partial charge in [-0.25, -0.2) is 0 Å². The Kier molecular flexibility index (Phi) is 7.25. The highest BCUT2D eigenvalue weighted by Gasteiger charge is 2.39. The lowest BCUT2D eigenvalue weighted by Gasteiger charge is -2.37. The van der Waals surface area contributed by atoms with Gasteiger partial charge in [0.25, 0.3) is 5.91 Å². The molecule has 3 aliphatic rings. The standard InChI is InChI=1S/C29H29Cl2N3O4/c1-29(17-12-18(30)14-19(31)13-17)10-5-7-21-26(34(2)16-25(35)36)22(15-32-27(21)29)28(37)33-23-9-11-38-24-8-4-3-6-20(23)24/h3-8,12-13,15,18,23H,9-11,14,16H2,1-2H3,(H,33,37)(H,35,36)/t18?,23-,29?/m0/s1. The van der Waals surface area contributed by atoms with E-state index in [9.17, 15) is 14.7 Å². The molecule has 2 aliphatic carbocycles. The third-order valence-electron chi connectivity index (χ3n) is 7.38. The molecule has 2 unspecified atom stereocenters. The third kappa shape index (κ3) is 4.93. The number of nitrogens with zero attached hydrogens (tertiary/aromatic N) is 2. The fourth-order valence-corrected chi connectivity index (χ4v) is 6.19. The molecule has 1 aromatic heterocycles. The number of carbonyl (C=O) groups is 2. The molecule has 38 heavy (non-hydrogen) atoms. The Hall–Kier alpha value is -3.29. The van der Waals surface area contributed by atoms with Crippen molar-refractivity contribution in [2.24, 2.45) is 0 Å². The maximum atomic E-state index is 13.7. The summed E-state index contributed by atoms with van der Waals surface area (Å²) in [6, 6.07) is 7.41. The number of para-hydroxylation sites is 1. The number of amides is 1. The summed E-state index contributed by atoms with van der Waals surface area (Å²) in [5, 5.41) is 13.2. The molecule has 1 aromatic carbocycles. The van der Waals surface area contributed by atoms with Gasteiger partial charge in [0.1, 0.15) is 12.3 Å². The van der Waals surface area contributed by atoms with E-state index in [0.717, 1.165) is 22.6 Å². The van der Waals surface area contributed by atoms with Crippen molar-refractivity contribution in [1.29, 1.82) is 0 Å². The number of anilines is 1. The van der Waals surface area contributed by atoms with E-state index >= 15 is 0 Å². The number of likely N-dealkylation sites (N-methyl/N-ethyl adjacent to an activating group) is 1. The van der Waals surface area contributed by atoms with E-state index in [4.69, 9.17) is 32.9 Å². The molecule has 2 N–H and O–H groups in total. The number of benzene rings is 1. The van der Waals surface area contributed by atoms with Crippen LogP contribution in [0.15, 0.2) is 59.3 Å². The number of allylic oxidation sites excluding steroid dienone is 5. The minimum absolute atomic E-state index is 0.227. The smallest absolute Gasteiger partial charge is 0.323 e. The van der Waals surface area contributed by atoms with Gasteiger partial charge in [-0.1, -0.05) is 48.0 Å². The number of fused-ring (bicyclic) bond motifs is 2. The van der Waals surface area contributed by atoms with Gasteiger partial charge in [-0.15, -0.1) is 11.6 Å². The number of hydrogen-bond acceptors (Lipinski definition) is 5. The molecule has 0 saturated heterocycles. The first-order valence-corrected chi connectivity index (χ1v) is 13.4. The van der Waals surface area contributed by atoms with Crippen molar-refractivity contribution < 1.29 is 19.4 Å². The van der Waals surface area contributed by atoms with Crippen LogP contribution in [0.4, 0.5) is 5.69 Å². The predicted molar refractivity (Wildman–Crippen MR) is 149 cm³/mol. The molecule has 0 radical (unpaired) electrons. The average Bonchev–Trinajstić information content (AvgIpc) is 2.87. The molecule has 0 spiro atoms.